The Morgan fingerprint density at radius 3 is 2.50 bits per heavy atom. The molecule has 0 amide bonds. The van der Waals surface area contributed by atoms with Crippen molar-refractivity contribution in [1.82, 2.24) is 4.98 Å². The predicted molar refractivity (Wildman–Crippen MR) is 77.9 cm³/mol. The van der Waals surface area contributed by atoms with Crippen molar-refractivity contribution in [2.45, 2.75) is 5.88 Å². The van der Waals surface area contributed by atoms with E-state index in [-0.39, 0.29) is 0 Å². The largest absolute Gasteiger partial charge is 0.493 e. The molecule has 0 aliphatic rings. The van der Waals surface area contributed by atoms with E-state index < -0.39 is 0 Å². The second kappa shape index (κ2) is 5.91. The number of hydrogen-bond acceptors (Lipinski definition) is 4. The topological polar surface area (TPSA) is 31.4 Å². The third kappa shape index (κ3) is 2.63. The molecule has 0 radical (unpaired) electrons. The highest BCUT2D eigenvalue weighted by atomic mass is 79.9. The Kier molecular flexibility index (Phi) is 4.48. The number of benzene rings is 1. The van der Waals surface area contributed by atoms with Gasteiger partial charge in [0.2, 0.25) is 0 Å². The quantitative estimate of drug-likeness (QED) is 0.771. The molecule has 6 heteroatoms. The lowest BCUT2D eigenvalue weighted by Crippen LogP contribution is -1.92. The van der Waals surface area contributed by atoms with Crippen LogP contribution in [0.25, 0.3) is 10.6 Å². The summed E-state index contributed by atoms with van der Waals surface area (Å²) in [5.41, 5.74) is 1.84. The summed E-state index contributed by atoms with van der Waals surface area (Å²) in [5, 5.41) is 2.85. The van der Waals surface area contributed by atoms with Crippen LogP contribution in [0.4, 0.5) is 0 Å². The second-order valence-electron chi connectivity index (χ2n) is 3.46. The monoisotopic (exact) mass is 347 g/mol. The minimum absolute atomic E-state index is 0.418. The fraction of sp³-hybridized carbons (Fsp3) is 0.250. The highest BCUT2D eigenvalue weighted by molar-refractivity contribution is 9.10. The van der Waals surface area contributed by atoms with Gasteiger partial charge in [-0.05, 0) is 28.1 Å². The maximum Gasteiger partial charge on any atom is 0.161 e. The maximum atomic E-state index is 5.76. The molecule has 3 nitrogen and oxygen atoms in total. The number of ether oxygens (including phenoxy) is 2. The standard InChI is InChI=1S/C12H11BrClNO2S/c1-16-10-3-8(9(13)4-11(10)17-2)12-15-7(5-14)6-18-12/h3-4,6H,5H2,1-2H3. The third-order valence-corrected chi connectivity index (χ3v) is 4.25. The molecule has 0 saturated carbocycles. The van der Waals surface area contributed by atoms with Gasteiger partial charge in [0.05, 0.1) is 25.8 Å². The van der Waals surface area contributed by atoms with Crippen LogP contribution in [0.2, 0.25) is 0 Å². The van der Waals surface area contributed by atoms with Gasteiger partial charge in [-0.1, -0.05) is 0 Å². The van der Waals surface area contributed by atoms with Crippen LogP contribution in [-0.4, -0.2) is 19.2 Å². The Labute approximate surface area is 123 Å². The van der Waals surface area contributed by atoms with Crippen LogP contribution in [0.5, 0.6) is 11.5 Å². The molecule has 0 spiro atoms. The zero-order valence-corrected chi connectivity index (χ0v) is 13.0. The van der Waals surface area contributed by atoms with Crippen LogP contribution >= 0.6 is 38.9 Å². The number of halogens is 2. The van der Waals surface area contributed by atoms with E-state index in [0.717, 1.165) is 20.7 Å². The lowest BCUT2D eigenvalue weighted by atomic mass is 10.2. The van der Waals surface area contributed by atoms with Crippen LogP contribution in [0, 0.1) is 0 Å². The van der Waals surface area contributed by atoms with Crippen LogP contribution < -0.4 is 9.47 Å². The first-order chi connectivity index (χ1) is 8.69. The molecule has 1 aromatic heterocycles. The minimum atomic E-state index is 0.418. The van der Waals surface area contributed by atoms with Gasteiger partial charge in [-0.3, -0.25) is 0 Å². The molecule has 18 heavy (non-hydrogen) atoms. The predicted octanol–water partition coefficient (Wildman–Crippen LogP) is 4.33. The molecule has 0 unspecified atom stereocenters. The normalized spacial score (nSPS) is 10.4. The Morgan fingerprint density at radius 2 is 1.94 bits per heavy atom. The molecule has 0 atom stereocenters. The summed E-state index contributed by atoms with van der Waals surface area (Å²) < 4.78 is 11.4. The zero-order chi connectivity index (χ0) is 13.1. The Morgan fingerprint density at radius 1 is 1.28 bits per heavy atom. The van der Waals surface area contributed by atoms with Gasteiger partial charge >= 0.3 is 0 Å². The number of nitrogens with zero attached hydrogens (tertiary/aromatic N) is 1. The number of methoxy groups -OCH3 is 2. The van der Waals surface area contributed by atoms with E-state index in [2.05, 4.69) is 20.9 Å². The van der Waals surface area contributed by atoms with E-state index in [1.165, 1.54) is 0 Å². The first-order valence-corrected chi connectivity index (χ1v) is 7.32. The molecule has 0 saturated heterocycles. The highest BCUT2D eigenvalue weighted by Gasteiger charge is 2.13. The van der Waals surface area contributed by atoms with Gasteiger partial charge < -0.3 is 9.47 Å². The average molecular weight is 349 g/mol. The van der Waals surface area contributed by atoms with E-state index in [1.807, 2.05) is 17.5 Å². The van der Waals surface area contributed by atoms with Gasteiger partial charge in [-0.25, -0.2) is 4.98 Å². The van der Waals surface area contributed by atoms with Gasteiger partial charge in [0.1, 0.15) is 5.01 Å². The lowest BCUT2D eigenvalue weighted by Gasteiger charge is -2.10. The van der Waals surface area contributed by atoms with E-state index in [4.69, 9.17) is 21.1 Å². The smallest absolute Gasteiger partial charge is 0.161 e. The molecule has 1 heterocycles. The molecular formula is C12H11BrClNO2S. The second-order valence-corrected chi connectivity index (χ2v) is 5.44. The van der Waals surface area contributed by atoms with Crippen molar-refractivity contribution in [3.63, 3.8) is 0 Å². The highest BCUT2D eigenvalue weighted by Crippen LogP contribution is 2.39. The van der Waals surface area contributed by atoms with Crippen molar-refractivity contribution in [1.29, 1.82) is 0 Å². The number of thiazole rings is 1. The Bertz CT molecular complexity index is 559. The summed E-state index contributed by atoms with van der Waals surface area (Å²) in [6.45, 7) is 0. The molecule has 2 rings (SSSR count). The average Bonchev–Trinajstić information content (AvgIpc) is 2.86. The van der Waals surface area contributed by atoms with Crippen molar-refractivity contribution in [2.75, 3.05) is 14.2 Å². The summed E-state index contributed by atoms with van der Waals surface area (Å²) in [5.74, 6) is 1.78. The van der Waals surface area contributed by atoms with Gasteiger partial charge in [-0.2, -0.15) is 0 Å². The van der Waals surface area contributed by atoms with E-state index in [9.17, 15) is 0 Å². The van der Waals surface area contributed by atoms with Gasteiger partial charge in [0.25, 0.3) is 0 Å². The maximum absolute atomic E-state index is 5.76. The zero-order valence-electron chi connectivity index (χ0n) is 9.87. The first kappa shape index (κ1) is 13.6. The fourth-order valence-electron chi connectivity index (χ4n) is 1.51. The van der Waals surface area contributed by atoms with E-state index in [0.29, 0.717) is 17.4 Å². The van der Waals surface area contributed by atoms with Crippen molar-refractivity contribution in [2.24, 2.45) is 0 Å². The van der Waals surface area contributed by atoms with Crippen LogP contribution in [0.3, 0.4) is 0 Å². The SMILES string of the molecule is COc1cc(Br)c(-c2nc(CCl)cs2)cc1OC. The molecule has 0 fully saturated rings. The van der Waals surface area contributed by atoms with Crippen molar-refractivity contribution in [3.8, 4) is 22.1 Å². The van der Waals surface area contributed by atoms with Gasteiger partial charge in [-0.15, -0.1) is 22.9 Å². The third-order valence-electron chi connectivity index (χ3n) is 2.39. The van der Waals surface area contributed by atoms with Crippen molar-refractivity contribution in [3.05, 3.63) is 27.7 Å². The van der Waals surface area contributed by atoms with Gasteiger partial charge in [0.15, 0.2) is 11.5 Å². The van der Waals surface area contributed by atoms with Crippen molar-refractivity contribution < 1.29 is 9.47 Å². The van der Waals surface area contributed by atoms with E-state index in [1.54, 1.807) is 25.6 Å². The molecular weight excluding hydrogens is 338 g/mol. The van der Waals surface area contributed by atoms with Crippen LogP contribution in [-0.2, 0) is 5.88 Å². The molecule has 0 aliphatic carbocycles. The number of aromatic nitrogens is 1. The summed E-state index contributed by atoms with van der Waals surface area (Å²) in [6, 6.07) is 3.77. The first-order valence-electron chi connectivity index (χ1n) is 5.11. The minimum Gasteiger partial charge on any atom is -0.493 e. The van der Waals surface area contributed by atoms with Crippen LogP contribution in [0.1, 0.15) is 5.69 Å². The molecule has 96 valence electrons. The van der Waals surface area contributed by atoms with E-state index >= 15 is 0 Å². The Balaban J connectivity index is 2.50. The lowest BCUT2D eigenvalue weighted by molar-refractivity contribution is 0.355. The molecule has 0 bridgehead atoms. The molecule has 1 aromatic carbocycles. The van der Waals surface area contributed by atoms with Crippen LogP contribution in [0.15, 0.2) is 22.0 Å². The number of rotatable bonds is 4. The van der Waals surface area contributed by atoms with Crippen molar-refractivity contribution >= 4 is 38.9 Å². The summed E-state index contributed by atoms with van der Waals surface area (Å²) in [7, 11) is 3.22. The van der Waals surface area contributed by atoms with Gasteiger partial charge in [0, 0.05) is 15.4 Å². The summed E-state index contributed by atoms with van der Waals surface area (Å²) in [4.78, 5) is 4.45. The fourth-order valence-corrected chi connectivity index (χ4v) is 3.23. The number of alkyl halides is 1. The molecule has 0 N–H and O–H groups in total. The number of hydrogen-bond donors (Lipinski definition) is 0. The summed E-state index contributed by atoms with van der Waals surface area (Å²) >= 11 is 10.8. The summed E-state index contributed by atoms with van der Waals surface area (Å²) in [6.07, 6.45) is 0. The molecule has 2 aromatic rings. The molecule has 0 aliphatic heterocycles. The Hall–Kier alpha value is -0.780.